The van der Waals surface area contributed by atoms with Gasteiger partial charge in [0.1, 0.15) is 5.82 Å². The molecule has 0 spiro atoms. The van der Waals surface area contributed by atoms with Crippen LogP contribution in [-0.4, -0.2) is 13.7 Å². The number of hydrogen-bond donors (Lipinski definition) is 2. The Morgan fingerprint density at radius 1 is 1.37 bits per heavy atom. The van der Waals surface area contributed by atoms with Crippen LogP contribution in [0.1, 0.15) is 30.0 Å². The minimum absolute atomic E-state index is 0.379. The van der Waals surface area contributed by atoms with Gasteiger partial charge in [0, 0.05) is 19.8 Å². The van der Waals surface area contributed by atoms with Crippen molar-refractivity contribution in [2.24, 2.45) is 5.84 Å². The van der Waals surface area contributed by atoms with Gasteiger partial charge in [0.25, 0.3) is 0 Å². The number of benzene rings is 1. The van der Waals surface area contributed by atoms with Crippen LogP contribution in [0.25, 0.3) is 0 Å². The van der Waals surface area contributed by atoms with E-state index >= 15 is 0 Å². The summed E-state index contributed by atoms with van der Waals surface area (Å²) in [5, 5.41) is 0. The number of hydrogen-bond acceptors (Lipinski definition) is 3. The second kappa shape index (κ2) is 6.83. The molecule has 1 aromatic carbocycles. The van der Waals surface area contributed by atoms with Crippen molar-refractivity contribution < 1.29 is 22.3 Å². The Morgan fingerprint density at radius 2 is 2.05 bits per heavy atom. The fourth-order valence-corrected chi connectivity index (χ4v) is 1.76. The summed E-state index contributed by atoms with van der Waals surface area (Å²) in [6.45, 7) is 0.501. The third-order valence-corrected chi connectivity index (χ3v) is 2.74. The Hall–Kier alpha value is -1.18. The lowest BCUT2D eigenvalue weighted by Gasteiger charge is -2.17. The normalized spacial score (nSPS) is 13.6. The number of ether oxygens (including phenoxy) is 1. The third-order valence-electron chi connectivity index (χ3n) is 2.74. The molecule has 1 unspecified atom stereocenters. The lowest BCUT2D eigenvalue weighted by Crippen LogP contribution is -2.28. The van der Waals surface area contributed by atoms with Crippen LogP contribution < -0.4 is 11.3 Å². The predicted octanol–water partition coefficient (Wildman–Crippen LogP) is 2.78. The fourth-order valence-electron chi connectivity index (χ4n) is 1.76. The number of rotatable bonds is 6. The van der Waals surface area contributed by atoms with Crippen molar-refractivity contribution in [3.63, 3.8) is 0 Å². The summed E-state index contributed by atoms with van der Waals surface area (Å²) < 4.78 is 55.5. The molecular formula is C12H16F4N2O. The van der Waals surface area contributed by atoms with Gasteiger partial charge in [-0.1, -0.05) is 6.07 Å². The maximum Gasteiger partial charge on any atom is 0.419 e. The molecule has 0 aliphatic rings. The Balaban J connectivity index is 2.86. The van der Waals surface area contributed by atoms with Gasteiger partial charge in [0.2, 0.25) is 0 Å². The van der Waals surface area contributed by atoms with Gasteiger partial charge in [-0.2, -0.15) is 13.2 Å². The van der Waals surface area contributed by atoms with Gasteiger partial charge >= 0.3 is 6.18 Å². The lowest BCUT2D eigenvalue weighted by atomic mass is 10.0. The topological polar surface area (TPSA) is 47.3 Å². The first-order valence-corrected chi connectivity index (χ1v) is 5.72. The van der Waals surface area contributed by atoms with Crippen molar-refractivity contribution in [2.75, 3.05) is 13.7 Å². The molecule has 108 valence electrons. The van der Waals surface area contributed by atoms with Crippen LogP contribution in [0.2, 0.25) is 0 Å². The van der Waals surface area contributed by atoms with E-state index in [1.54, 1.807) is 7.11 Å². The average molecular weight is 280 g/mol. The van der Waals surface area contributed by atoms with Crippen molar-refractivity contribution in [2.45, 2.75) is 25.1 Å². The first kappa shape index (κ1) is 15.9. The largest absolute Gasteiger partial charge is 0.419 e. The highest BCUT2D eigenvalue weighted by Crippen LogP contribution is 2.32. The molecule has 0 fully saturated rings. The molecule has 1 rings (SSSR count). The SMILES string of the molecule is COCCCC(NN)c1ccc(C(F)(F)F)c(F)c1. The van der Waals surface area contributed by atoms with Gasteiger partial charge in [-0.15, -0.1) is 0 Å². The maximum atomic E-state index is 13.4. The highest BCUT2D eigenvalue weighted by Gasteiger charge is 2.34. The van der Waals surface area contributed by atoms with E-state index < -0.39 is 23.6 Å². The van der Waals surface area contributed by atoms with E-state index in [2.05, 4.69) is 5.43 Å². The van der Waals surface area contributed by atoms with Crippen molar-refractivity contribution >= 4 is 0 Å². The Morgan fingerprint density at radius 3 is 2.53 bits per heavy atom. The summed E-state index contributed by atoms with van der Waals surface area (Å²) in [6, 6.07) is 2.40. The molecule has 0 saturated heterocycles. The molecule has 1 aromatic rings. The summed E-state index contributed by atoms with van der Waals surface area (Å²) in [5.41, 5.74) is 1.56. The number of hydrazine groups is 1. The van der Waals surface area contributed by atoms with Gasteiger partial charge in [-0.25, -0.2) is 4.39 Å². The van der Waals surface area contributed by atoms with Crippen LogP contribution in [0.15, 0.2) is 18.2 Å². The lowest BCUT2D eigenvalue weighted by molar-refractivity contribution is -0.140. The van der Waals surface area contributed by atoms with E-state index in [0.29, 0.717) is 25.0 Å². The number of methoxy groups -OCH3 is 1. The van der Waals surface area contributed by atoms with Crippen LogP contribution in [0, 0.1) is 5.82 Å². The molecule has 0 bridgehead atoms. The minimum Gasteiger partial charge on any atom is -0.385 e. The standard InChI is InChI=1S/C12H16F4N2O/c1-19-6-2-3-11(18-17)8-4-5-9(10(13)7-8)12(14,15)16/h4-5,7,11,18H,2-3,6,17H2,1H3. The second-order valence-corrected chi connectivity index (χ2v) is 4.09. The van der Waals surface area contributed by atoms with Gasteiger partial charge in [-0.05, 0) is 30.5 Å². The molecule has 0 saturated carbocycles. The first-order chi connectivity index (χ1) is 8.90. The number of alkyl halides is 3. The molecule has 1 atom stereocenters. The summed E-state index contributed by atoms with van der Waals surface area (Å²) >= 11 is 0. The van der Waals surface area contributed by atoms with Crippen LogP contribution >= 0.6 is 0 Å². The smallest absolute Gasteiger partial charge is 0.385 e. The molecule has 7 heteroatoms. The number of halogens is 4. The van der Waals surface area contributed by atoms with Crippen molar-refractivity contribution in [1.82, 2.24) is 5.43 Å². The van der Waals surface area contributed by atoms with Crippen LogP contribution in [0.3, 0.4) is 0 Å². The van der Waals surface area contributed by atoms with Crippen molar-refractivity contribution in [3.05, 3.63) is 35.1 Å². The van der Waals surface area contributed by atoms with Gasteiger partial charge < -0.3 is 4.74 Å². The fraction of sp³-hybridized carbons (Fsp3) is 0.500. The quantitative estimate of drug-likeness (QED) is 0.364. The van der Waals surface area contributed by atoms with Gasteiger partial charge in [0.15, 0.2) is 0 Å². The van der Waals surface area contributed by atoms with E-state index in [1.807, 2.05) is 0 Å². The van der Waals surface area contributed by atoms with E-state index in [1.165, 1.54) is 6.07 Å². The summed E-state index contributed by atoms with van der Waals surface area (Å²) in [7, 11) is 1.54. The van der Waals surface area contributed by atoms with Gasteiger partial charge in [-0.3, -0.25) is 11.3 Å². The Kier molecular flexibility index (Phi) is 5.71. The summed E-state index contributed by atoms with van der Waals surface area (Å²) in [5.74, 6) is 4.03. The van der Waals surface area contributed by atoms with Crippen molar-refractivity contribution in [1.29, 1.82) is 0 Å². The third kappa shape index (κ3) is 4.45. The molecule has 0 amide bonds. The van der Waals surface area contributed by atoms with Gasteiger partial charge in [0.05, 0.1) is 5.56 Å². The van der Waals surface area contributed by atoms with Crippen LogP contribution in [0.4, 0.5) is 17.6 Å². The monoisotopic (exact) mass is 280 g/mol. The highest BCUT2D eigenvalue weighted by atomic mass is 19.4. The zero-order valence-electron chi connectivity index (χ0n) is 10.4. The molecule has 19 heavy (non-hydrogen) atoms. The van der Waals surface area contributed by atoms with E-state index in [-0.39, 0.29) is 0 Å². The summed E-state index contributed by atoms with van der Waals surface area (Å²) in [4.78, 5) is 0. The summed E-state index contributed by atoms with van der Waals surface area (Å²) in [6.07, 6.45) is -3.49. The van der Waals surface area contributed by atoms with Crippen LogP contribution in [0.5, 0.6) is 0 Å². The minimum atomic E-state index is -4.69. The van der Waals surface area contributed by atoms with Crippen molar-refractivity contribution in [3.8, 4) is 0 Å². The molecule has 0 aliphatic heterocycles. The van der Waals surface area contributed by atoms with E-state index in [4.69, 9.17) is 10.6 Å². The predicted molar refractivity (Wildman–Crippen MR) is 62.6 cm³/mol. The molecule has 0 heterocycles. The number of nitrogens with two attached hydrogens (primary N) is 1. The molecule has 0 aliphatic carbocycles. The molecular weight excluding hydrogens is 264 g/mol. The Labute approximate surface area is 108 Å². The molecule has 0 radical (unpaired) electrons. The maximum absolute atomic E-state index is 13.4. The molecule has 3 nitrogen and oxygen atoms in total. The van der Waals surface area contributed by atoms with E-state index in [0.717, 1.165) is 12.1 Å². The second-order valence-electron chi connectivity index (χ2n) is 4.09. The zero-order valence-corrected chi connectivity index (χ0v) is 10.4. The Bertz CT molecular complexity index is 409. The molecule has 0 aromatic heterocycles. The average Bonchev–Trinajstić information content (AvgIpc) is 2.33. The molecule has 3 N–H and O–H groups in total. The number of nitrogens with one attached hydrogen (secondary N) is 1. The first-order valence-electron chi connectivity index (χ1n) is 5.72. The zero-order chi connectivity index (χ0) is 14.5. The van der Waals surface area contributed by atoms with E-state index in [9.17, 15) is 17.6 Å². The van der Waals surface area contributed by atoms with Crippen LogP contribution in [-0.2, 0) is 10.9 Å². The highest BCUT2D eigenvalue weighted by molar-refractivity contribution is 5.28.